The zero-order chi connectivity index (χ0) is 12.3. The van der Waals surface area contributed by atoms with Gasteiger partial charge in [-0.15, -0.1) is 0 Å². The second kappa shape index (κ2) is 6.19. The maximum absolute atomic E-state index is 6.43. The Bertz CT molecular complexity index is 219. The van der Waals surface area contributed by atoms with Crippen LogP contribution in [0.2, 0.25) is 0 Å². The normalized spacial score (nSPS) is 41.8. The largest absolute Gasteiger partial charge is 0.326 e. The minimum Gasteiger partial charge on any atom is -0.326 e. The Morgan fingerprint density at radius 2 is 1.47 bits per heavy atom. The zero-order valence-electron chi connectivity index (χ0n) is 11.7. The molecule has 1 saturated heterocycles. The van der Waals surface area contributed by atoms with Gasteiger partial charge in [-0.1, -0.05) is 39.5 Å². The number of nitrogens with two attached hydrogens (primary N) is 1. The Hall–Kier alpha value is -0.0800. The van der Waals surface area contributed by atoms with Gasteiger partial charge < -0.3 is 5.73 Å². The van der Waals surface area contributed by atoms with Gasteiger partial charge in [-0.25, -0.2) is 0 Å². The number of hydrogen-bond donors (Lipinski definition) is 1. The van der Waals surface area contributed by atoms with Crippen LogP contribution in [0.25, 0.3) is 0 Å². The molecular weight excluding hydrogens is 208 g/mol. The summed E-state index contributed by atoms with van der Waals surface area (Å²) in [5.74, 6) is 1.72. The predicted molar refractivity (Wildman–Crippen MR) is 74.0 cm³/mol. The van der Waals surface area contributed by atoms with Crippen LogP contribution in [0.3, 0.4) is 0 Å². The van der Waals surface area contributed by atoms with Crippen LogP contribution in [0.1, 0.15) is 58.8 Å². The van der Waals surface area contributed by atoms with Crippen molar-refractivity contribution in [1.29, 1.82) is 0 Å². The Morgan fingerprint density at radius 1 is 0.882 bits per heavy atom. The van der Waals surface area contributed by atoms with E-state index >= 15 is 0 Å². The van der Waals surface area contributed by atoms with E-state index < -0.39 is 0 Å². The lowest BCUT2D eigenvalue weighted by Crippen LogP contribution is -2.53. The molecule has 100 valence electrons. The van der Waals surface area contributed by atoms with E-state index in [2.05, 4.69) is 18.7 Å². The van der Waals surface area contributed by atoms with Gasteiger partial charge in [0, 0.05) is 25.2 Å². The van der Waals surface area contributed by atoms with E-state index in [0.717, 1.165) is 11.8 Å². The van der Waals surface area contributed by atoms with E-state index in [4.69, 9.17) is 5.73 Å². The average Bonchev–Trinajstić information content (AvgIpc) is 2.22. The quantitative estimate of drug-likeness (QED) is 0.761. The first-order valence-electron chi connectivity index (χ1n) is 7.66. The molecule has 2 rings (SSSR count). The highest BCUT2D eigenvalue weighted by molar-refractivity contribution is 4.87. The maximum Gasteiger partial charge on any atom is 0.0247 e. The number of hydrogen-bond acceptors (Lipinski definition) is 2. The SMILES string of the molecule is CC1CC(C)CN(C2CCCCCCC2N)C1. The summed E-state index contributed by atoms with van der Waals surface area (Å²) in [5, 5.41) is 0. The van der Waals surface area contributed by atoms with Crippen molar-refractivity contribution in [2.45, 2.75) is 70.9 Å². The highest BCUT2D eigenvalue weighted by Crippen LogP contribution is 2.27. The fraction of sp³-hybridized carbons (Fsp3) is 1.00. The van der Waals surface area contributed by atoms with Crippen molar-refractivity contribution in [3.05, 3.63) is 0 Å². The van der Waals surface area contributed by atoms with Crippen LogP contribution in [0, 0.1) is 11.8 Å². The van der Waals surface area contributed by atoms with Gasteiger partial charge in [-0.3, -0.25) is 4.90 Å². The lowest BCUT2D eigenvalue weighted by atomic mass is 9.86. The Labute approximate surface area is 107 Å². The molecule has 2 nitrogen and oxygen atoms in total. The first kappa shape index (κ1) is 13.4. The van der Waals surface area contributed by atoms with Crippen molar-refractivity contribution < 1.29 is 0 Å². The molecule has 0 radical (unpaired) electrons. The monoisotopic (exact) mass is 238 g/mol. The van der Waals surface area contributed by atoms with Crippen LogP contribution in [0.4, 0.5) is 0 Å². The van der Waals surface area contributed by atoms with E-state index in [1.807, 2.05) is 0 Å². The lowest BCUT2D eigenvalue weighted by molar-refractivity contribution is 0.0716. The molecule has 0 aromatic heterocycles. The smallest absolute Gasteiger partial charge is 0.0247 e. The summed E-state index contributed by atoms with van der Waals surface area (Å²) in [6.07, 6.45) is 9.52. The molecule has 0 spiro atoms. The molecule has 0 amide bonds. The van der Waals surface area contributed by atoms with E-state index in [9.17, 15) is 0 Å². The van der Waals surface area contributed by atoms with E-state index in [0.29, 0.717) is 12.1 Å². The van der Waals surface area contributed by atoms with Crippen LogP contribution in [-0.2, 0) is 0 Å². The first-order valence-corrected chi connectivity index (χ1v) is 7.66. The molecular formula is C15H30N2. The van der Waals surface area contributed by atoms with Crippen LogP contribution in [0.5, 0.6) is 0 Å². The molecule has 2 aliphatic rings. The van der Waals surface area contributed by atoms with Gasteiger partial charge in [0.1, 0.15) is 0 Å². The molecule has 2 fully saturated rings. The third kappa shape index (κ3) is 3.69. The summed E-state index contributed by atoms with van der Waals surface area (Å²) in [6.45, 7) is 7.36. The van der Waals surface area contributed by atoms with Gasteiger partial charge in [0.25, 0.3) is 0 Å². The fourth-order valence-corrected chi connectivity index (χ4v) is 3.93. The molecule has 2 heteroatoms. The topological polar surface area (TPSA) is 29.3 Å². The van der Waals surface area contributed by atoms with Crippen molar-refractivity contribution in [3.63, 3.8) is 0 Å². The molecule has 1 saturated carbocycles. The number of rotatable bonds is 1. The molecule has 0 bridgehead atoms. The molecule has 4 unspecified atom stereocenters. The second-order valence-corrected chi connectivity index (χ2v) is 6.62. The number of piperidine rings is 1. The third-order valence-electron chi connectivity index (χ3n) is 4.65. The zero-order valence-corrected chi connectivity index (χ0v) is 11.7. The summed E-state index contributed by atoms with van der Waals surface area (Å²) in [6, 6.07) is 1.09. The highest BCUT2D eigenvalue weighted by Gasteiger charge is 2.30. The molecule has 1 aliphatic heterocycles. The standard InChI is InChI=1S/C15H30N2/c1-12-9-13(2)11-17(10-12)15-8-6-4-3-5-7-14(15)16/h12-15H,3-11,16H2,1-2H3. The minimum atomic E-state index is 0.424. The van der Waals surface area contributed by atoms with Gasteiger partial charge in [0.15, 0.2) is 0 Å². The maximum atomic E-state index is 6.43. The summed E-state index contributed by atoms with van der Waals surface area (Å²) in [5.41, 5.74) is 6.43. The molecule has 1 heterocycles. The van der Waals surface area contributed by atoms with Gasteiger partial charge in [0.2, 0.25) is 0 Å². The highest BCUT2D eigenvalue weighted by atomic mass is 15.2. The van der Waals surface area contributed by atoms with Crippen molar-refractivity contribution in [2.75, 3.05) is 13.1 Å². The molecule has 1 aliphatic carbocycles. The fourth-order valence-electron chi connectivity index (χ4n) is 3.93. The van der Waals surface area contributed by atoms with Crippen molar-refractivity contribution >= 4 is 0 Å². The van der Waals surface area contributed by atoms with Gasteiger partial charge in [-0.2, -0.15) is 0 Å². The minimum absolute atomic E-state index is 0.424. The molecule has 17 heavy (non-hydrogen) atoms. The average molecular weight is 238 g/mol. The predicted octanol–water partition coefficient (Wildman–Crippen LogP) is 3.01. The van der Waals surface area contributed by atoms with E-state index in [1.165, 1.54) is 58.0 Å². The number of nitrogens with zero attached hydrogens (tertiary/aromatic N) is 1. The summed E-state index contributed by atoms with van der Waals surface area (Å²) in [4.78, 5) is 2.72. The Kier molecular flexibility index (Phi) is 4.87. The van der Waals surface area contributed by atoms with Crippen LogP contribution in [0.15, 0.2) is 0 Å². The Balaban J connectivity index is 1.97. The molecule has 2 N–H and O–H groups in total. The Morgan fingerprint density at radius 3 is 2.12 bits per heavy atom. The van der Waals surface area contributed by atoms with Crippen LogP contribution < -0.4 is 5.73 Å². The van der Waals surface area contributed by atoms with Gasteiger partial charge in [0.05, 0.1) is 0 Å². The summed E-state index contributed by atoms with van der Waals surface area (Å²) >= 11 is 0. The van der Waals surface area contributed by atoms with Crippen LogP contribution >= 0.6 is 0 Å². The van der Waals surface area contributed by atoms with Crippen LogP contribution in [-0.4, -0.2) is 30.1 Å². The summed E-state index contributed by atoms with van der Waals surface area (Å²) in [7, 11) is 0. The molecule has 4 atom stereocenters. The third-order valence-corrected chi connectivity index (χ3v) is 4.65. The molecule has 0 aromatic carbocycles. The van der Waals surface area contributed by atoms with Gasteiger partial charge >= 0.3 is 0 Å². The van der Waals surface area contributed by atoms with Crippen molar-refractivity contribution in [1.82, 2.24) is 4.90 Å². The van der Waals surface area contributed by atoms with Crippen molar-refractivity contribution in [2.24, 2.45) is 17.6 Å². The summed E-state index contributed by atoms with van der Waals surface area (Å²) < 4.78 is 0. The van der Waals surface area contributed by atoms with Crippen molar-refractivity contribution in [3.8, 4) is 0 Å². The van der Waals surface area contributed by atoms with E-state index in [1.54, 1.807) is 0 Å². The van der Waals surface area contributed by atoms with E-state index in [-0.39, 0.29) is 0 Å². The number of likely N-dealkylation sites (tertiary alicyclic amines) is 1. The lowest BCUT2D eigenvalue weighted by Gasteiger charge is -2.43. The van der Waals surface area contributed by atoms with Gasteiger partial charge in [-0.05, 0) is 31.1 Å². The second-order valence-electron chi connectivity index (χ2n) is 6.62. The first-order chi connectivity index (χ1) is 8.16. The molecule has 0 aromatic rings.